The van der Waals surface area contributed by atoms with Gasteiger partial charge in [-0.3, -0.25) is 4.90 Å². The second-order valence-corrected chi connectivity index (χ2v) is 14.5. The van der Waals surface area contributed by atoms with E-state index in [1.54, 1.807) is 24.3 Å². The number of pyridine rings is 1. The van der Waals surface area contributed by atoms with E-state index < -0.39 is 48.3 Å². The fourth-order valence-electron chi connectivity index (χ4n) is 8.32. The lowest BCUT2D eigenvalue weighted by atomic mass is 9.95. The number of halogens is 8. The van der Waals surface area contributed by atoms with E-state index in [2.05, 4.69) is 38.2 Å². The van der Waals surface area contributed by atoms with Gasteiger partial charge in [0.15, 0.2) is 5.82 Å². The highest BCUT2D eigenvalue weighted by atomic mass is 19.4. The van der Waals surface area contributed by atoms with Gasteiger partial charge in [-0.15, -0.1) is 6.42 Å². The van der Waals surface area contributed by atoms with E-state index in [9.17, 15) is 30.7 Å². The van der Waals surface area contributed by atoms with Gasteiger partial charge in [-0.2, -0.15) is 36.3 Å². The van der Waals surface area contributed by atoms with Gasteiger partial charge in [0, 0.05) is 29.6 Å². The van der Waals surface area contributed by atoms with E-state index >= 15 is 4.39 Å². The molecule has 8 nitrogen and oxygen atoms in total. The van der Waals surface area contributed by atoms with Crippen LogP contribution in [0.1, 0.15) is 63.1 Å². The summed E-state index contributed by atoms with van der Waals surface area (Å²) in [5, 5.41) is 8.17. The largest absolute Gasteiger partial charge is 0.461 e. The Hall–Kier alpha value is -4.33. The Morgan fingerprint density at radius 1 is 1.04 bits per heavy atom. The average Bonchev–Trinajstić information content (AvgIpc) is 3.64. The van der Waals surface area contributed by atoms with E-state index in [1.807, 2.05) is 4.90 Å². The number of alkyl halides is 6. The Morgan fingerprint density at radius 3 is 2.58 bits per heavy atom. The second kappa shape index (κ2) is 15.3. The molecule has 4 aromatic rings. The smallest absolute Gasteiger partial charge is 0.423 e. The number of terminal acetylenes is 1. The summed E-state index contributed by atoms with van der Waals surface area (Å²) >= 11 is 0. The quantitative estimate of drug-likeness (QED) is 0.0849. The van der Waals surface area contributed by atoms with E-state index in [1.165, 1.54) is 6.07 Å². The number of hydrogen-bond acceptors (Lipinski definition) is 8. The van der Waals surface area contributed by atoms with Gasteiger partial charge >= 0.3 is 18.4 Å². The third kappa shape index (κ3) is 7.62. The molecule has 2 fully saturated rings. The Kier molecular flexibility index (Phi) is 10.8. The van der Waals surface area contributed by atoms with E-state index in [0.717, 1.165) is 19.4 Å². The Balaban J connectivity index is 1.23. The standard InChI is InChI=1S/C39H40F8N6O2/c1-3-5-17-48-19-23-11-13-28-30-33(31(41)32(50-28)26-9-6-8-22-10-12-27(40)25(4-2)29(22)26)51-36(52-34(30)49-23)55-21-37-15-7-18-53(37)24(14-16-37)20-54-35(38(42,43)44)39(45,46)47/h2,6,8-10,12,23-24,35,48H,3,5,7,11,13-21H2,1H3,(H,49,51,52)/t23?,24-,37?/m0/s1. The van der Waals surface area contributed by atoms with Crippen molar-refractivity contribution in [1.29, 1.82) is 0 Å². The van der Waals surface area contributed by atoms with Gasteiger partial charge in [0.2, 0.25) is 6.10 Å². The molecule has 0 saturated carbocycles. The number of nitrogens with one attached hydrogen (secondary N) is 2. The van der Waals surface area contributed by atoms with Crippen LogP contribution < -0.4 is 15.4 Å². The van der Waals surface area contributed by atoms with Crippen LogP contribution in [-0.4, -0.2) is 88.8 Å². The number of fused-ring (bicyclic) bond motifs is 2. The molecule has 2 unspecified atom stereocenters. The fourth-order valence-corrected chi connectivity index (χ4v) is 8.32. The summed E-state index contributed by atoms with van der Waals surface area (Å²) in [6, 6.07) is 6.91. The van der Waals surface area contributed by atoms with Crippen LogP contribution in [0, 0.1) is 24.0 Å². The average molecular weight is 777 g/mol. The summed E-state index contributed by atoms with van der Waals surface area (Å²) in [6.07, 6.45) is -4.38. The van der Waals surface area contributed by atoms with Crippen LogP contribution in [0.2, 0.25) is 0 Å². The summed E-state index contributed by atoms with van der Waals surface area (Å²) in [5.41, 5.74) is -0.0802. The molecule has 5 heterocycles. The van der Waals surface area contributed by atoms with Gasteiger partial charge < -0.3 is 20.1 Å². The first-order valence-corrected chi connectivity index (χ1v) is 18.4. The predicted molar refractivity (Wildman–Crippen MR) is 191 cm³/mol. The van der Waals surface area contributed by atoms with Crippen LogP contribution in [-0.2, 0) is 11.2 Å². The maximum atomic E-state index is 17.0. The minimum Gasteiger partial charge on any atom is -0.461 e. The van der Waals surface area contributed by atoms with Gasteiger partial charge in [0.05, 0.1) is 28.8 Å². The molecule has 2 aromatic carbocycles. The van der Waals surface area contributed by atoms with Gasteiger partial charge in [0.1, 0.15) is 29.5 Å². The van der Waals surface area contributed by atoms with Gasteiger partial charge in [-0.25, -0.2) is 13.8 Å². The molecule has 0 aliphatic carbocycles. The number of aromatic nitrogens is 3. The zero-order valence-electron chi connectivity index (χ0n) is 30.0. The van der Waals surface area contributed by atoms with Crippen molar-refractivity contribution in [2.45, 2.75) is 94.4 Å². The molecule has 3 aliphatic heterocycles. The zero-order valence-corrected chi connectivity index (χ0v) is 30.0. The molecular formula is C39H40F8N6O2. The first kappa shape index (κ1) is 38.9. The van der Waals surface area contributed by atoms with E-state index in [-0.39, 0.29) is 41.0 Å². The van der Waals surface area contributed by atoms with Crippen molar-refractivity contribution in [2.75, 3.05) is 38.2 Å². The van der Waals surface area contributed by atoms with E-state index in [4.69, 9.17) is 16.1 Å². The van der Waals surface area contributed by atoms with E-state index in [0.29, 0.717) is 79.3 Å². The van der Waals surface area contributed by atoms with Crippen molar-refractivity contribution in [1.82, 2.24) is 25.2 Å². The lowest BCUT2D eigenvalue weighted by Gasteiger charge is -2.35. The number of nitrogens with zero attached hydrogens (tertiary/aromatic N) is 4. The number of hydrogen-bond donors (Lipinski definition) is 2. The number of aryl methyl sites for hydroxylation is 1. The Morgan fingerprint density at radius 2 is 1.84 bits per heavy atom. The number of benzene rings is 2. The van der Waals surface area contributed by atoms with Crippen molar-refractivity contribution >= 4 is 27.5 Å². The summed E-state index contributed by atoms with van der Waals surface area (Å²) in [6.45, 7) is 3.11. The number of ether oxygens (including phenoxy) is 2. The Labute approximate surface area is 312 Å². The SMILES string of the molecule is C#Cc1c(F)ccc2cccc(-c3nc4c5c(nc(OCC67CCCN6[C@H](COC(C(F)(F)F)C(F)(F)F)CC7)nc5c3F)NC(CNCCCC)CC4)c12. The molecule has 0 spiro atoms. The molecule has 3 atom stereocenters. The number of anilines is 1. The van der Waals surface area contributed by atoms with Crippen molar-refractivity contribution in [3.63, 3.8) is 0 Å². The molecule has 0 radical (unpaired) electrons. The molecule has 7 rings (SSSR count). The number of rotatable bonds is 12. The first-order chi connectivity index (χ1) is 26.2. The monoisotopic (exact) mass is 776 g/mol. The first-order valence-electron chi connectivity index (χ1n) is 18.4. The van der Waals surface area contributed by atoms with Crippen molar-refractivity contribution in [3.05, 3.63) is 53.2 Å². The molecule has 294 valence electrons. The highest BCUT2D eigenvalue weighted by Gasteiger charge is 2.59. The van der Waals surface area contributed by atoms with Crippen molar-refractivity contribution < 1.29 is 44.6 Å². The minimum atomic E-state index is -5.61. The Bertz CT molecular complexity index is 2090. The molecule has 2 saturated heterocycles. The third-order valence-electron chi connectivity index (χ3n) is 11.0. The van der Waals surface area contributed by atoms with Crippen LogP contribution in [0.3, 0.4) is 0 Å². The van der Waals surface area contributed by atoms with Gasteiger partial charge in [0.25, 0.3) is 0 Å². The fraction of sp³-hybridized carbons (Fsp3) is 0.513. The van der Waals surface area contributed by atoms with Gasteiger partial charge in [-0.05, 0) is 69.5 Å². The van der Waals surface area contributed by atoms with Crippen LogP contribution in [0.15, 0.2) is 30.3 Å². The van der Waals surface area contributed by atoms with Crippen LogP contribution in [0.25, 0.3) is 32.9 Å². The summed E-state index contributed by atoms with van der Waals surface area (Å²) < 4.78 is 122. The van der Waals surface area contributed by atoms with Crippen molar-refractivity contribution in [3.8, 4) is 29.6 Å². The molecule has 0 amide bonds. The van der Waals surface area contributed by atoms with Gasteiger partial charge in [-0.1, -0.05) is 43.5 Å². The number of unbranched alkanes of at least 4 members (excludes halogenated alkanes) is 1. The molecule has 0 bridgehead atoms. The highest BCUT2D eigenvalue weighted by Crippen LogP contribution is 2.45. The molecule has 2 N–H and O–H groups in total. The molecule has 3 aliphatic rings. The molecule has 16 heteroatoms. The lowest BCUT2D eigenvalue weighted by molar-refractivity contribution is -0.323. The van der Waals surface area contributed by atoms with Crippen LogP contribution in [0.4, 0.5) is 40.9 Å². The maximum Gasteiger partial charge on any atom is 0.423 e. The zero-order chi connectivity index (χ0) is 39.1. The molecule has 55 heavy (non-hydrogen) atoms. The highest BCUT2D eigenvalue weighted by molar-refractivity contribution is 6.02. The normalized spacial score (nSPS) is 21.5. The second-order valence-electron chi connectivity index (χ2n) is 14.5. The topological polar surface area (TPSA) is 84.4 Å². The molecular weight excluding hydrogens is 736 g/mol. The molecule has 2 aromatic heterocycles. The van der Waals surface area contributed by atoms with Crippen molar-refractivity contribution in [2.24, 2.45) is 0 Å². The predicted octanol–water partition coefficient (Wildman–Crippen LogP) is 8.11. The van der Waals surface area contributed by atoms with Crippen LogP contribution >= 0.6 is 0 Å². The minimum absolute atomic E-state index is 0.0273. The lowest BCUT2D eigenvalue weighted by Crippen LogP contribution is -2.50. The maximum absolute atomic E-state index is 17.0. The third-order valence-corrected chi connectivity index (χ3v) is 11.0. The van der Waals surface area contributed by atoms with Crippen LogP contribution in [0.5, 0.6) is 6.01 Å². The summed E-state index contributed by atoms with van der Waals surface area (Å²) in [4.78, 5) is 15.9. The summed E-state index contributed by atoms with van der Waals surface area (Å²) in [7, 11) is 0. The summed E-state index contributed by atoms with van der Waals surface area (Å²) in [5.74, 6) is 1.28.